The lowest BCUT2D eigenvalue weighted by Crippen LogP contribution is -2.22. The van der Waals surface area contributed by atoms with E-state index in [1.807, 2.05) is 60.3 Å². The molecule has 0 radical (unpaired) electrons. The Morgan fingerprint density at radius 2 is 1.94 bits per heavy atom. The first kappa shape index (κ1) is 24.2. The van der Waals surface area contributed by atoms with Gasteiger partial charge in [-0.3, -0.25) is 14.5 Å². The van der Waals surface area contributed by atoms with Gasteiger partial charge in [0.05, 0.1) is 29.4 Å². The summed E-state index contributed by atoms with van der Waals surface area (Å²) >= 11 is 0. The lowest BCUT2D eigenvalue weighted by atomic mass is 10.1. The van der Waals surface area contributed by atoms with Crippen LogP contribution in [0.2, 0.25) is 0 Å². The molecule has 1 amide bonds. The van der Waals surface area contributed by atoms with Crippen molar-refractivity contribution in [1.82, 2.24) is 14.8 Å². The molecule has 8 heteroatoms. The zero-order chi connectivity index (χ0) is 25.0. The van der Waals surface area contributed by atoms with Crippen LogP contribution in [0.5, 0.6) is 17.2 Å². The SMILES string of the molecule is Cc1cc(CC(=O)Nc2cnn(C(C)(C)C)c2)ccc1Oc1ccnc2ccc(OCCN)cc12. The standard InChI is InChI=1S/C27H31N5O3/c1-18-13-19(14-26(33)31-20-16-30-32(17-20)27(2,3)4)5-8-24(18)35-25-9-11-29-23-7-6-21(15-22(23)25)34-12-10-28/h5-9,11,13,15-17H,10,12,14,28H2,1-4H3,(H,31,33). The summed E-state index contributed by atoms with van der Waals surface area (Å²) in [6.45, 7) is 9.01. The number of aromatic nitrogens is 3. The molecule has 0 aliphatic rings. The maximum atomic E-state index is 12.6. The molecule has 0 aliphatic carbocycles. The molecule has 35 heavy (non-hydrogen) atoms. The Bertz CT molecular complexity index is 1340. The van der Waals surface area contributed by atoms with Crippen molar-refractivity contribution in [3.8, 4) is 17.2 Å². The van der Waals surface area contributed by atoms with E-state index in [1.54, 1.807) is 12.4 Å². The maximum absolute atomic E-state index is 12.6. The Hall–Kier alpha value is -3.91. The molecule has 0 unspecified atom stereocenters. The predicted molar refractivity (Wildman–Crippen MR) is 137 cm³/mol. The minimum Gasteiger partial charge on any atom is -0.492 e. The van der Waals surface area contributed by atoms with E-state index in [-0.39, 0.29) is 17.9 Å². The number of hydrogen-bond donors (Lipinski definition) is 2. The van der Waals surface area contributed by atoms with Gasteiger partial charge in [0, 0.05) is 24.3 Å². The second kappa shape index (κ2) is 10.1. The van der Waals surface area contributed by atoms with E-state index in [1.165, 1.54) is 0 Å². The molecule has 8 nitrogen and oxygen atoms in total. The third kappa shape index (κ3) is 5.96. The van der Waals surface area contributed by atoms with Crippen LogP contribution < -0.4 is 20.5 Å². The molecule has 0 saturated heterocycles. The highest BCUT2D eigenvalue weighted by atomic mass is 16.5. The topological polar surface area (TPSA) is 104 Å². The van der Waals surface area contributed by atoms with E-state index in [0.717, 1.165) is 22.0 Å². The molecule has 0 spiro atoms. The number of nitrogens with two attached hydrogens (primary N) is 1. The second-order valence-electron chi connectivity index (χ2n) is 9.40. The average molecular weight is 474 g/mol. The van der Waals surface area contributed by atoms with Gasteiger partial charge in [-0.1, -0.05) is 12.1 Å². The molecular formula is C27H31N5O3. The first-order valence-electron chi connectivity index (χ1n) is 11.6. The molecule has 4 aromatic rings. The highest BCUT2D eigenvalue weighted by Gasteiger charge is 2.15. The third-order valence-electron chi connectivity index (χ3n) is 5.44. The monoisotopic (exact) mass is 473 g/mol. The van der Waals surface area contributed by atoms with Crippen LogP contribution in [0.3, 0.4) is 0 Å². The van der Waals surface area contributed by atoms with Crippen LogP contribution in [0.15, 0.2) is 61.1 Å². The highest BCUT2D eigenvalue weighted by molar-refractivity contribution is 5.92. The van der Waals surface area contributed by atoms with Crippen molar-refractivity contribution >= 4 is 22.5 Å². The minimum absolute atomic E-state index is 0.100. The summed E-state index contributed by atoms with van der Waals surface area (Å²) < 4.78 is 13.7. The molecule has 4 rings (SSSR count). The Morgan fingerprint density at radius 3 is 2.66 bits per heavy atom. The van der Waals surface area contributed by atoms with Gasteiger partial charge in [0.25, 0.3) is 0 Å². The predicted octanol–water partition coefficient (Wildman–Crippen LogP) is 4.81. The fourth-order valence-electron chi connectivity index (χ4n) is 3.65. The number of carbonyl (C=O) groups is 1. The molecule has 0 bridgehead atoms. The smallest absolute Gasteiger partial charge is 0.228 e. The molecule has 0 fully saturated rings. The molecule has 0 aliphatic heterocycles. The first-order valence-corrected chi connectivity index (χ1v) is 11.6. The van der Waals surface area contributed by atoms with Crippen LogP contribution in [0.4, 0.5) is 5.69 Å². The quantitative estimate of drug-likeness (QED) is 0.381. The molecule has 0 saturated carbocycles. The highest BCUT2D eigenvalue weighted by Crippen LogP contribution is 2.33. The summed E-state index contributed by atoms with van der Waals surface area (Å²) in [5.41, 5.74) is 8.71. The number of carbonyl (C=O) groups excluding carboxylic acids is 1. The summed E-state index contributed by atoms with van der Waals surface area (Å²) in [5.74, 6) is 2.00. The Balaban J connectivity index is 1.46. The van der Waals surface area contributed by atoms with Gasteiger partial charge in [-0.2, -0.15) is 5.10 Å². The summed E-state index contributed by atoms with van der Waals surface area (Å²) in [7, 11) is 0. The number of amides is 1. The Labute approximate surface area is 205 Å². The summed E-state index contributed by atoms with van der Waals surface area (Å²) in [6.07, 6.45) is 5.47. The molecule has 2 heterocycles. The minimum atomic E-state index is -0.144. The number of nitrogens with one attached hydrogen (secondary N) is 1. The second-order valence-corrected chi connectivity index (χ2v) is 9.40. The van der Waals surface area contributed by atoms with Crippen LogP contribution in [-0.2, 0) is 16.8 Å². The van der Waals surface area contributed by atoms with Gasteiger partial charge in [-0.05, 0) is 69.2 Å². The normalized spacial score (nSPS) is 11.5. The van der Waals surface area contributed by atoms with Gasteiger partial charge < -0.3 is 20.5 Å². The number of pyridine rings is 1. The fraction of sp³-hybridized carbons (Fsp3) is 0.296. The van der Waals surface area contributed by atoms with E-state index >= 15 is 0 Å². The van der Waals surface area contributed by atoms with Crippen molar-refractivity contribution in [1.29, 1.82) is 0 Å². The van der Waals surface area contributed by atoms with Gasteiger partial charge in [-0.25, -0.2) is 0 Å². The number of rotatable bonds is 8. The lowest BCUT2D eigenvalue weighted by Gasteiger charge is -2.18. The Morgan fingerprint density at radius 1 is 1.11 bits per heavy atom. The average Bonchev–Trinajstić information content (AvgIpc) is 3.28. The summed E-state index contributed by atoms with van der Waals surface area (Å²) in [6, 6.07) is 13.3. The zero-order valence-corrected chi connectivity index (χ0v) is 20.5. The number of ether oxygens (including phenoxy) is 2. The molecule has 3 N–H and O–H groups in total. The van der Waals surface area contributed by atoms with Gasteiger partial charge in [0.1, 0.15) is 23.9 Å². The Kier molecular flexibility index (Phi) is 7.02. The van der Waals surface area contributed by atoms with Gasteiger partial charge in [0.15, 0.2) is 0 Å². The van der Waals surface area contributed by atoms with Gasteiger partial charge in [-0.15, -0.1) is 0 Å². The molecule has 2 aromatic carbocycles. The number of benzene rings is 2. The number of aryl methyl sites for hydroxylation is 1. The molecule has 0 atom stereocenters. The fourth-order valence-corrected chi connectivity index (χ4v) is 3.65. The van der Waals surface area contributed by atoms with E-state index in [2.05, 4.69) is 36.2 Å². The van der Waals surface area contributed by atoms with Crippen LogP contribution in [-0.4, -0.2) is 33.8 Å². The lowest BCUT2D eigenvalue weighted by molar-refractivity contribution is -0.115. The number of hydrogen-bond acceptors (Lipinski definition) is 6. The molecule has 182 valence electrons. The maximum Gasteiger partial charge on any atom is 0.228 e. The van der Waals surface area contributed by atoms with E-state index in [4.69, 9.17) is 15.2 Å². The molecule has 2 aromatic heterocycles. The van der Waals surface area contributed by atoms with Crippen molar-refractivity contribution in [2.24, 2.45) is 5.73 Å². The third-order valence-corrected chi connectivity index (χ3v) is 5.44. The number of anilines is 1. The van der Waals surface area contributed by atoms with Crippen molar-refractivity contribution in [2.75, 3.05) is 18.5 Å². The number of fused-ring (bicyclic) bond motifs is 1. The van der Waals surface area contributed by atoms with Crippen molar-refractivity contribution in [2.45, 2.75) is 39.7 Å². The molecular weight excluding hydrogens is 442 g/mol. The first-order chi connectivity index (χ1) is 16.7. The number of nitrogens with zero attached hydrogens (tertiary/aromatic N) is 3. The zero-order valence-electron chi connectivity index (χ0n) is 20.5. The van der Waals surface area contributed by atoms with Crippen LogP contribution in [0.1, 0.15) is 31.9 Å². The van der Waals surface area contributed by atoms with Crippen LogP contribution in [0.25, 0.3) is 10.9 Å². The van der Waals surface area contributed by atoms with Gasteiger partial charge >= 0.3 is 0 Å². The van der Waals surface area contributed by atoms with Gasteiger partial charge in [0.2, 0.25) is 5.91 Å². The van der Waals surface area contributed by atoms with E-state index in [0.29, 0.717) is 36.1 Å². The van der Waals surface area contributed by atoms with Crippen LogP contribution >= 0.6 is 0 Å². The summed E-state index contributed by atoms with van der Waals surface area (Å²) in [4.78, 5) is 17.0. The van der Waals surface area contributed by atoms with E-state index in [9.17, 15) is 4.79 Å². The van der Waals surface area contributed by atoms with Crippen molar-refractivity contribution < 1.29 is 14.3 Å². The largest absolute Gasteiger partial charge is 0.492 e. The summed E-state index contributed by atoms with van der Waals surface area (Å²) in [5, 5.41) is 8.09. The van der Waals surface area contributed by atoms with E-state index < -0.39 is 0 Å². The van der Waals surface area contributed by atoms with Crippen molar-refractivity contribution in [3.63, 3.8) is 0 Å². The van der Waals surface area contributed by atoms with Crippen molar-refractivity contribution in [3.05, 3.63) is 72.2 Å². The van der Waals surface area contributed by atoms with Crippen LogP contribution in [0, 0.1) is 6.92 Å².